The molecule has 3 rings (SSSR count). The van der Waals surface area contributed by atoms with E-state index >= 15 is 0 Å². The monoisotopic (exact) mass is 369 g/mol. The van der Waals surface area contributed by atoms with Crippen LogP contribution in [0.2, 0.25) is 0 Å². The highest BCUT2D eigenvalue weighted by molar-refractivity contribution is 5.55. The highest BCUT2D eigenvalue weighted by Crippen LogP contribution is 2.31. The van der Waals surface area contributed by atoms with Crippen LogP contribution in [0.5, 0.6) is 0 Å². The molecule has 0 fully saturated rings. The Morgan fingerprint density at radius 2 is 1.96 bits per heavy atom. The van der Waals surface area contributed by atoms with Gasteiger partial charge >= 0.3 is 11.9 Å². The van der Waals surface area contributed by atoms with Crippen LogP contribution in [0.4, 0.5) is 13.2 Å². The summed E-state index contributed by atoms with van der Waals surface area (Å²) >= 11 is 0. The fourth-order valence-electron chi connectivity index (χ4n) is 2.43. The number of alkyl halides is 3. The number of hydrogen-bond acceptors (Lipinski definition) is 7. The first-order valence-corrected chi connectivity index (χ1v) is 7.70. The lowest BCUT2D eigenvalue weighted by Gasteiger charge is -2.09. The zero-order chi connectivity index (χ0) is 18.7. The van der Waals surface area contributed by atoms with Gasteiger partial charge in [-0.25, -0.2) is 14.0 Å². The molecule has 3 aromatic rings. The Kier molecular flexibility index (Phi) is 4.89. The first-order valence-electron chi connectivity index (χ1n) is 7.70. The minimum atomic E-state index is -4.56. The molecule has 1 aromatic carbocycles. The van der Waals surface area contributed by atoms with Crippen molar-refractivity contribution in [2.24, 2.45) is 5.73 Å². The van der Waals surface area contributed by atoms with Gasteiger partial charge in [0, 0.05) is 0 Å². The second-order valence-corrected chi connectivity index (χ2v) is 5.46. The summed E-state index contributed by atoms with van der Waals surface area (Å²) in [7, 11) is 0. The highest BCUT2D eigenvalue weighted by Gasteiger charge is 2.31. The minimum absolute atomic E-state index is 0.0583. The molecule has 0 bridgehead atoms. The molecule has 0 aliphatic heterocycles. The van der Waals surface area contributed by atoms with Crippen LogP contribution >= 0.6 is 0 Å². The maximum absolute atomic E-state index is 12.9. The summed E-state index contributed by atoms with van der Waals surface area (Å²) in [5.41, 5.74) is 5.02. The maximum Gasteiger partial charge on any atom is 0.446 e. The zero-order valence-corrected chi connectivity index (χ0v) is 13.4. The Bertz CT molecular complexity index is 944. The van der Waals surface area contributed by atoms with Gasteiger partial charge in [-0.3, -0.25) is 4.52 Å². The van der Waals surface area contributed by atoms with Crippen molar-refractivity contribution in [1.82, 2.24) is 20.0 Å². The Hall–Kier alpha value is -2.95. The quantitative estimate of drug-likeness (QED) is 0.663. The Balaban J connectivity index is 2.04. The van der Waals surface area contributed by atoms with Crippen LogP contribution in [0, 0.1) is 0 Å². The fraction of sp³-hybridized carbons (Fsp3) is 0.333. The van der Waals surface area contributed by atoms with Gasteiger partial charge in [0.15, 0.2) is 5.69 Å². The molecule has 2 N–H and O–H groups in total. The third kappa shape index (κ3) is 3.52. The largest absolute Gasteiger partial charge is 0.446 e. The molecule has 0 atom stereocenters. The number of nitrogens with zero attached hydrogens (tertiary/aromatic N) is 4. The number of aryl methyl sites for hydroxylation is 1. The molecule has 0 unspecified atom stereocenters. The van der Waals surface area contributed by atoms with E-state index in [2.05, 4.69) is 20.0 Å². The van der Waals surface area contributed by atoms with Crippen molar-refractivity contribution in [2.75, 3.05) is 6.54 Å². The fourth-order valence-corrected chi connectivity index (χ4v) is 2.43. The van der Waals surface area contributed by atoms with Gasteiger partial charge in [0.2, 0.25) is 5.82 Å². The number of nitrogens with two attached hydrogens (primary N) is 1. The number of aromatic nitrogens is 4. The molecule has 26 heavy (non-hydrogen) atoms. The van der Waals surface area contributed by atoms with Gasteiger partial charge in [-0.1, -0.05) is 16.4 Å². The third-order valence-corrected chi connectivity index (χ3v) is 3.67. The van der Waals surface area contributed by atoms with E-state index in [1.54, 1.807) is 0 Å². The van der Waals surface area contributed by atoms with Gasteiger partial charge in [-0.05, 0) is 49.2 Å². The summed E-state index contributed by atoms with van der Waals surface area (Å²) < 4.78 is 49.1. The molecule has 0 saturated carbocycles. The van der Waals surface area contributed by atoms with Crippen molar-refractivity contribution >= 4 is 0 Å². The molecule has 0 spiro atoms. The Morgan fingerprint density at radius 1 is 1.15 bits per heavy atom. The van der Waals surface area contributed by atoms with Crippen molar-refractivity contribution in [3.8, 4) is 17.2 Å². The third-order valence-electron chi connectivity index (χ3n) is 3.67. The highest BCUT2D eigenvalue weighted by atomic mass is 19.4. The average molecular weight is 369 g/mol. The molecule has 0 saturated heterocycles. The van der Waals surface area contributed by atoms with Crippen LogP contribution in [-0.2, 0) is 12.6 Å². The Labute approximate surface area is 144 Å². The van der Waals surface area contributed by atoms with Crippen LogP contribution in [0.3, 0.4) is 0 Å². The minimum Gasteiger partial charge on any atom is -0.330 e. The topological polar surface area (TPSA) is 113 Å². The van der Waals surface area contributed by atoms with E-state index in [-0.39, 0.29) is 17.2 Å². The molecule has 2 heterocycles. The van der Waals surface area contributed by atoms with Gasteiger partial charge < -0.3 is 5.73 Å². The molecule has 0 aliphatic rings. The standard InChI is InChI=1S/C15H14F3N5O3/c16-15(17,18)9-4-3-5-10(8-9)23-13(22-25-14(23)24)12-11(20-26-21-12)6-1-2-7-19/h3-5,8H,1-2,6-7,19H2. The lowest BCUT2D eigenvalue weighted by atomic mass is 10.1. The predicted octanol–water partition coefficient (Wildman–Crippen LogP) is 2.18. The summed E-state index contributed by atoms with van der Waals surface area (Å²) in [6.07, 6.45) is -2.66. The SMILES string of the molecule is NCCCCc1nonc1-c1noc(=O)n1-c1cccc(C(F)(F)F)c1. The van der Waals surface area contributed by atoms with Gasteiger partial charge in [-0.15, -0.1) is 0 Å². The molecule has 138 valence electrons. The van der Waals surface area contributed by atoms with Crippen molar-refractivity contribution < 1.29 is 22.3 Å². The van der Waals surface area contributed by atoms with Gasteiger partial charge in [-0.2, -0.15) is 13.2 Å². The summed E-state index contributed by atoms with van der Waals surface area (Å²) in [6, 6.07) is 4.24. The van der Waals surface area contributed by atoms with Gasteiger partial charge in [0.05, 0.1) is 11.3 Å². The normalized spacial score (nSPS) is 11.8. The van der Waals surface area contributed by atoms with E-state index in [0.717, 1.165) is 23.1 Å². The first kappa shape index (κ1) is 17.9. The van der Waals surface area contributed by atoms with E-state index in [0.29, 0.717) is 25.1 Å². The van der Waals surface area contributed by atoms with E-state index < -0.39 is 17.5 Å². The number of hydrogen-bond donors (Lipinski definition) is 1. The van der Waals surface area contributed by atoms with E-state index in [9.17, 15) is 18.0 Å². The van der Waals surface area contributed by atoms with E-state index in [1.807, 2.05) is 0 Å². The molecule has 0 amide bonds. The van der Waals surface area contributed by atoms with Crippen LogP contribution in [-0.4, -0.2) is 26.6 Å². The summed E-state index contributed by atoms with van der Waals surface area (Å²) in [5, 5.41) is 11.1. The van der Waals surface area contributed by atoms with Crippen LogP contribution in [0.25, 0.3) is 17.2 Å². The van der Waals surface area contributed by atoms with Crippen molar-refractivity contribution in [1.29, 1.82) is 0 Å². The van der Waals surface area contributed by atoms with Crippen molar-refractivity contribution in [2.45, 2.75) is 25.4 Å². The lowest BCUT2D eigenvalue weighted by molar-refractivity contribution is -0.137. The van der Waals surface area contributed by atoms with Gasteiger partial charge in [0.1, 0.15) is 5.69 Å². The lowest BCUT2D eigenvalue weighted by Crippen LogP contribution is -2.15. The maximum atomic E-state index is 12.9. The summed E-state index contributed by atoms with van der Waals surface area (Å²) in [4.78, 5) is 12.0. The summed E-state index contributed by atoms with van der Waals surface area (Å²) in [5.74, 6) is -1.03. The second kappa shape index (κ2) is 7.12. The Morgan fingerprint density at radius 3 is 2.69 bits per heavy atom. The molecular formula is C15H14F3N5O3. The molecule has 2 aromatic heterocycles. The molecular weight excluding hydrogens is 355 g/mol. The van der Waals surface area contributed by atoms with E-state index in [1.165, 1.54) is 12.1 Å². The zero-order valence-electron chi connectivity index (χ0n) is 13.4. The van der Waals surface area contributed by atoms with Gasteiger partial charge in [0.25, 0.3) is 0 Å². The molecule has 0 aliphatic carbocycles. The number of halogens is 3. The van der Waals surface area contributed by atoms with Crippen molar-refractivity contribution in [3.63, 3.8) is 0 Å². The van der Waals surface area contributed by atoms with Crippen LogP contribution in [0.1, 0.15) is 24.1 Å². The first-order chi connectivity index (χ1) is 12.4. The number of benzene rings is 1. The second-order valence-electron chi connectivity index (χ2n) is 5.46. The molecule has 11 heteroatoms. The number of unbranched alkanes of at least 4 members (excludes halogenated alkanes) is 1. The van der Waals surface area contributed by atoms with Crippen LogP contribution < -0.4 is 11.5 Å². The number of rotatable bonds is 6. The van der Waals surface area contributed by atoms with E-state index in [4.69, 9.17) is 10.4 Å². The predicted molar refractivity (Wildman–Crippen MR) is 82.4 cm³/mol. The van der Waals surface area contributed by atoms with Crippen LogP contribution in [0.15, 0.2) is 38.2 Å². The molecule has 0 radical (unpaired) electrons. The molecule has 8 nitrogen and oxygen atoms in total. The average Bonchev–Trinajstić information content (AvgIpc) is 3.20. The summed E-state index contributed by atoms with van der Waals surface area (Å²) in [6.45, 7) is 0.500. The smallest absolute Gasteiger partial charge is 0.330 e. The van der Waals surface area contributed by atoms with Crippen molar-refractivity contribution in [3.05, 3.63) is 46.1 Å².